The van der Waals surface area contributed by atoms with Gasteiger partial charge in [-0.25, -0.2) is 4.98 Å². The number of nitrogens with zero attached hydrogens (tertiary/aromatic N) is 1. The number of hydrogen-bond acceptors (Lipinski definition) is 7. The monoisotopic (exact) mass is 557 g/mol. The third-order valence-electron chi connectivity index (χ3n) is 10.1. The fourth-order valence-corrected chi connectivity index (χ4v) is 10.2. The molecular weight excluding hydrogens is 514 g/mol. The van der Waals surface area contributed by atoms with E-state index in [2.05, 4.69) is 46.1 Å². The standard InChI is InChI=1S/C31H43NO4S2/c1-27(2,3)24-17-37-26(32-24)38-18-25(34)31(36-28(4,5)35)15-12-23-21-9-8-19-16-20(33)10-13-29(19,6)22(21)11-14-30(23,31)7/h10,13,16-17,21-23,35H,8-9,11-12,14-15,18H2,1-7H3/t21?,22?,23?,29?,30?,31-/m0/s1. The first-order chi connectivity index (χ1) is 17.6. The average molecular weight is 558 g/mol. The molecule has 0 amide bonds. The summed E-state index contributed by atoms with van der Waals surface area (Å²) in [5.74, 6) is 0.331. The number of carbonyl (C=O) groups excluding carboxylic acids is 2. The van der Waals surface area contributed by atoms with Crippen molar-refractivity contribution in [2.45, 2.75) is 108 Å². The maximum Gasteiger partial charge on any atom is 0.178 e. The number of aliphatic hydroxyl groups is 1. The van der Waals surface area contributed by atoms with Gasteiger partial charge in [-0.1, -0.05) is 58.0 Å². The molecule has 3 saturated carbocycles. The molecule has 0 aliphatic heterocycles. The van der Waals surface area contributed by atoms with Gasteiger partial charge in [0.05, 0.1) is 11.4 Å². The third-order valence-corrected chi connectivity index (χ3v) is 12.1. The molecule has 6 atom stereocenters. The summed E-state index contributed by atoms with van der Waals surface area (Å²) < 4.78 is 7.41. The Kier molecular flexibility index (Phi) is 6.98. The number of aromatic nitrogens is 1. The molecular formula is C31H43NO4S2. The molecule has 1 aromatic heterocycles. The second-order valence-corrected chi connectivity index (χ2v) is 16.0. The van der Waals surface area contributed by atoms with Crippen molar-refractivity contribution in [3.05, 3.63) is 34.9 Å². The maximum absolute atomic E-state index is 14.2. The van der Waals surface area contributed by atoms with E-state index in [0.29, 0.717) is 29.9 Å². The van der Waals surface area contributed by atoms with Gasteiger partial charge in [-0.05, 0) is 82.3 Å². The Morgan fingerprint density at radius 3 is 2.53 bits per heavy atom. The molecule has 3 fully saturated rings. The van der Waals surface area contributed by atoms with E-state index < -0.39 is 11.4 Å². The van der Waals surface area contributed by atoms with Crippen LogP contribution in [0.25, 0.3) is 0 Å². The SMILES string of the molecule is CC(C)(O)O[C@]1(C(=O)CSc2nc(C(C)(C)C)cs2)CCC2C3CCC4=CC(=O)C=CC4(C)C3CCC21C. The number of hydrogen-bond donors (Lipinski definition) is 1. The molecule has 1 heterocycles. The van der Waals surface area contributed by atoms with Crippen molar-refractivity contribution in [2.24, 2.45) is 28.6 Å². The van der Waals surface area contributed by atoms with Gasteiger partial charge in [0.2, 0.25) is 0 Å². The van der Waals surface area contributed by atoms with Crippen molar-refractivity contribution >= 4 is 34.7 Å². The number of rotatable bonds is 6. The average Bonchev–Trinajstić information content (AvgIpc) is 3.40. The van der Waals surface area contributed by atoms with Crippen LogP contribution in [0.2, 0.25) is 0 Å². The number of thiazole rings is 1. The van der Waals surface area contributed by atoms with E-state index in [1.54, 1.807) is 31.3 Å². The van der Waals surface area contributed by atoms with Crippen LogP contribution in [0.5, 0.6) is 0 Å². The molecule has 0 saturated heterocycles. The second kappa shape index (κ2) is 9.39. The zero-order valence-corrected chi connectivity index (χ0v) is 25.6. The van der Waals surface area contributed by atoms with Crippen molar-refractivity contribution in [3.8, 4) is 0 Å². The molecule has 0 radical (unpaired) electrons. The van der Waals surface area contributed by atoms with Crippen LogP contribution >= 0.6 is 23.1 Å². The van der Waals surface area contributed by atoms with E-state index in [0.717, 1.165) is 42.1 Å². The van der Waals surface area contributed by atoms with Gasteiger partial charge < -0.3 is 9.84 Å². The summed E-state index contributed by atoms with van der Waals surface area (Å²) in [7, 11) is 0. The minimum absolute atomic E-state index is 0.0259. The molecule has 5 nitrogen and oxygen atoms in total. The predicted molar refractivity (Wildman–Crippen MR) is 153 cm³/mol. The van der Waals surface area contributed by atoms with Crippen LogP contribution in [0.4, 0.5) is 0 Å². The smallest absolute Gasteiger partial charge is 0.178 e. The van der Waals surface area contributed by atoms with Gasteiger partial charge in [0, 0.05) is 21.6 Å². The first-order valence-corrected chi connectivity index (χ1v) is 15.9. The van der Waals surface area contributed by atoms with E-state index in [-0.39, 0.29) is 27.8 Å². The molecule has 38 heavy (non-hydrogen) atoms. The van der Waals surface area contributed by atoms with Crippen LogP contribution in [0, 0.1) is 28.6 Å². The fourth-order valence-electron chi connectivity index (χ4n) is 8.22. The second-order valence-electron chi connectivity index (χ2n) is 13.9. The molecule has 1 aromatic rings. The van der Waals surface area contributed by atoms with Gasteiger partial charge >= 0.3 is 0 Å². The van der Waals surface area contributed by atoms with Gasteiger partial charge in [0.1, 0.15) is 5.60 Å². The van der Waals surface area contributed by atoms with Crippen molar-refractivity contribution in [1.82, 2.24) is 4.98 Å². The molecule has 7 heteroatoms. The lowest BCUT2D eigenvalue weighted by Crippen LogP contribution is -2.61. The summed E-state index contributed by atoms with van der Waals surface area (Å²) in [6.07, 6.45) is 11.2. The van der Waals surface area contributed by atoms with Crippen LogP contribution < -0.4 is 0 Å². The molecule has 5 rings (SSSR count). The number of carbonyl (C=O) groups is 2. The number of thioether (sulfide) groups is 1. The summed E-state index contributed by atoms with van der Waals surface area (Å²) in [6, 6.07) is 0. The number of ketones is 2. The highest BCUT2D eigenvalue weighted by Gasteiger charge is 2.68. The molecule has 4 aliphatic rings. The minimum Gasteiger partial charge on any atom is -0.366 e. The van der Waals surface area contributed by atoms with Crippen molar-refractivity contribution in [1.29, 1.82) is 0 Å². The molecule has 0 aromatic carbocycles. The fraction of sp³-hybridized carbons (Fsp3) is 0.710. The largest absolute Gasteiger partial charge is 0.366 e. The lowest BCUT2D eigenvalue weighted by molar-refractivity contribution is -0.270. The highest BCUT2D eigenvalue weighted by molar-refractivity contribution is 8.01. The molecule has 5 unspecified atom stereocenters. The Hall–Kier alpha value is -1.28. The van der Waals surface area contributed by atoms with E-state index >= 15 is 0 Å². The topological polar surface area (TPSA) is 76.5 Å². The summed E-state index contributed by atoms with van der Waals surface area (Å²) in [4.78, 5) is 31.1. The van der Waals surface area contributed by atoms with E-state index in [1.807, 2.05) is 6.08 Å². The number of Topliss-reactive ketones (excluding diaryl/α,β-unsaturated/α-hetero) is 1. The molecule has 0 spiro atoms. The Labute approximate surface area is 235 Å². The summed E-state index contributed by atoms with van der Waals surface area (Å²) in [5, 5.41) is 13.0. The van der Waals surface area contributed by atoms with Crippen molar-refractivity contribution < 1.29 is 19.4 Å². The van der Waals surface area contributed by atoms with Crippen LogP contribution in [0.3, 0.4) is 0 Å². The van der Waals surface area contributed by atoms with Gasteiger partial charge in [0.15, 0.2) is 21.7 Å². The molecule has 1 N–H and O–H groups in total. The summed E-state index contributed by atoms with van der Waals surface area (Å²) in [6.45, 7) is 14.3. The first-order valence-electron chi connectivity index (χ1n) is 14.1. The van der Waals surface area contributed by atoms with Crippen LogP contribution in [0.1, 0.15) is 92.7 Å². The normalized spacial score (nSPS) is 36.9. The van der Waals surface area contributed by atoms with Crippen molar-refractivity contribution in [2.75, 3.05) is 5.75 Å². The Bertz CT molecular complexity index is 1190. The van der Waals surface area contributed by atoms with Crippen LogP contribution in [0.15, 0.2) is 33.5 Å². The first kappa shape index (κ1) is 28.3. The lowest BCUT2D eigenvalue weighted by Gasteiger charge is -2.59. The summed E-state index contributed by atoms with van der Waals surface area (Å²) >= 11 is 3.09. The third kappa shape index (κ3) is 4.59. The van der Waals surface area contributed by atoms with Gasteiger partial charge in [-0.3, -0.25) is 9.59 Å². The number of ether oxygens (including phenoxy) is 1. The molecule has 4 aliphatic carbocycles. The van der Waals surface area contributed by atoms with Gasteiger partial charge in [-0.2, -0.15) is 0 Å². The molecule has 0 bridgehead atoms. The molecule has 208 valence electrons. The van der Waals surface area contributed by atoms with Crippen LogP contribution in [-0.4, -0.2) is 38.8 Å². The number of fused-ring (bicyclic) bond motifs is 5. The Balaban J connectivity index is 1.42. The van der Waals surface area contributed by atoms with E-state index in [4.69, 9.17) is 9.72 Å². The van der Waals surface area contributed by atoms with Gasteiger partial charge in [-0.15, -0.1) is 11.3 Å². The van der Waals surface area contributed by atoms with Crippen molar-refractivity contribution in [3.63, 3.8) is 0 Å². The zero-order valence-electron chi connectivity index (χ0n) is 23.9. The Morgan fingerprint density at radius 1 is 1.16 bits per heavy atom. The van der Waals surface area contributed by atoms with Gasteiger partial charge in [0.25, 0.3) is 0 Å². The highest BCUT2D eigenvalue weighted by Crippen LogP contribution is 2.68. The zero-order chi connectivity index (χ0) is 27.7. The van der Waals surface area contributed by atoms with E-state index in [9.17, 15) is 14.7 Å². The summed E-state index contributed by atoms with van der Waals surface area (Å²) in [5.41, 5.74) is 0.837. The van der Waals surface area contributed by atoms with E-state index in [1.165, 1.54) is 17.3 Å². The van der Waals surface area contributed by atoms with Crippen LogP contribution in [-0.2, 0) is 19.7 Å². The number of allylic oxidation sites excluding steroid dienone is 4. The highest BCUT2D eigenvalue weighted by atomic mass is 32.2. The maximum atomic E-state index is 14.2. The lowest BCUT2D eigenvalue weighted by atomic mass is 9.47. The predicted octanol–water partition coefficient (Wildman–Crippen LogP) is 6.89. The Morgan fingerprint density at radius 2 is 1.87 bits per heavy atom. The minimum atomic E-state index is -1.41. The quantitative estimate of drug-likeness (QED) is 0.303.